The minimum atomic E-state index is 0. The molecule has 2 heteroatoms. The molecule has 0 aliphatic carbocycles. The van der Waals surface area contributed by atoms with Crippen molar-refractivity contribution in [2.24, 2.45) is 0 Å². The Labute approximate surface area is 54.1 Å². The second-order valence-electron chi connectivity index (χ2n) is 0.267. The summed E-state index contributed by atoms with van der Waals surface area (Å²) >= 11 is 2.29. The van der Waals surface area contributed by atoms with Crippen molar-refractivity contribution in [3.8, 4) is 0 Å². The van der Waals surface area contributed by atoms with E-state index in [-0.39, 0.29) is 20.3 Å². The van der Waals surface area contributed by atoms with Crippen LogP contribution >= 0.6 is 22.6 Å². The van der Waals surface area contributed by atoms with Crippen LogP contribution in [0.2, 0.25) is 0 Å². The third-order valence-electron chi connectivity index (χ3n) is 0. The van der Waals surface area contributed by atoms with Gasteiger partial charge in [-0.25, -0.2) is 0 Å². The standard InChI is InChI=1S/C2H5I.Li.H/c1-2-3;;/h2H2,1H3;;/q;+1;-1. The van der Waals surface area contributed by atoms with Crippen molar-refractivity contribution in [1.82, 2.24) is 0 Å². The Bertz CT molecular complexity index is 9.61. The molecule has 0 spiro atoms. The summed E-state index contributed by atoms with van der Waals surface area (Å²) in [6.07, 6.45) is 0. The molecule has 0 radical (unpaired) electrons. The summed E-state index contributed by atoms with van der Waals surface area (Å²) in [5.41, 5.74) is 0. The minimum absolute atomic E-state index is 0. The van der Waals surface area contributed by atoms with E-state index in [1.54, 1.807) is 0 Å². The average Bonchev–Trinajstić information content (AvgIpc) is 0.918. The first-order valence-corrected chi connectivity index (χ1v) is 2.50. The summed E-state index contributed by atoms with van der Waals surface area (Å²) in [7, 11) is 0. The number of hydrogen-bond donors (Lipinski definition) is 0. The molecule has 0 saturated heterocycles. The fraction of sp³-hybridized carbons (Fsp3) is 1.00. The van der Waals surface area contributed by atoms with Gasteiger partial charge in [0, 0.05) is 0 Å². The molecule has 0 aliphatic heterocycles. The van der Waals surface area contributed by atoms with Gasteiger partial charge in [-0.15, -0.1) is 0 Å². The van der Waals surface area contributed by atoms with Crippen LogP contribution in [0.5, 0.6) is 0 Å². The van der Waals surface area contributed by atoms with E-state index in [0.29, 0.717) is 0 Å². The van der Waals surface area contributed by atoms with Crippen LogP contribution in [0, 0.1) is 0 Å². The smallest absolute Gasteiger partial charge is 1.00 e. The Morgan fingerprint density at radius 3 is 2.00 bits per heavy atom. The Morgan fingerprint density at radius 1 is 2.00 bits per heavy atom. The van der Waals surface area contributed by atoms with E-state index in [1.807, 2.05) is 0 Å². The van der Waals surface area contributed by atoms with Crippen molar-refractivity contribution in [3.63, 3.8) is 0 Å². The molecule has 0 N–H and O–H groups in total. The molecule has 22 valence electrons. The fourth-order valence-electron chi connectivity index (χ4n) is 0. The van der Waals surface area contributed by atoms with Crippen molar-refractivity contribution in [2.75, 3.05) is 4.43 Å². The monoisotopic (exact) mass is 164 g/mol. The van der Waals surface area contributed by atoms with Crippen LogP contribution < -0.4 is 18.9 Å². The van der Waals surface area contributed by atoms with Gasteiger partial charge in [-0.2, -0.15) is 0 Å². The Kier molecular flexibility index (Phi) is 19.9. The first kappa shape index (κ1) is 9.01. The van der Waals surface area contributed by atoms with Gasteiger partial charge in [0.25, 0.3) is 0 Å². The van der Waals surface area contributed by atoms with E-state index in [2.05, 4.69) is 29.5 Å². The van der Waals surface area contributed by atoms with Crippen LogP contribution in [0.3, 0.4) is 0 Å². The first-order valence-electron chi connectivity index (χ1n) is 0.974. The molecule has 0 unspecified atom stereocenters. The molecule has 0 bridgehead atoms. The maximum absolute atomic E-state index is 2.29. The average molecular weight is 164 g/mol. The minimum Gasteiger partial charge on any atom is -1.00 e. The van der Waals surface area contributed by atoms with Gasteiger partial charge >= 0.3 is 18.9 Å². The van der Waals surface area contributed by atoms with Gasteiger partial charge in [0.15, 0.2) is 0 Å². The Hall–Kier alpha value is 1.33. The molecule has 0 heterocycles. The van der Waals surface area contributed by atoms with Gasteiger partial charge in [-0.1, -0.05) is 29.5 Å². The molecule has 0 aliphatic rings. The first-order chi connectivity index (χ1) is 1.41. The van der Waals surface area contributed by atoms with Crippen LogP contribution in [-0.4, -0.2) is 4.43 Å². The van der Waals surface area contributed by atoms with Crippen LogP contribution in [-0.2, 0) is 0 Å². The SMILES string of the molecule is CCI.[H-].[Li+]. The number of rotatable bonds is 0. The quantitative estimate of drug-likeness (QED) is 0.233. The zero-order chi connectivity index (χ0) is 2.71. The summed E-state index contributed by atoms with van der Waals surface area (Å²) in [5, 5.41) is 0. The van der Waals surface area contributed by atoms with Gasteiger partial charge in [-0.05, 0) is 4.43 Å². The van der Waals surface area contributed by atoms with E-state index in [1.165, 1.54) is 4.43 Å². The summed E-state index contributed by atoms with van der Waals surface area (Å²) in [6.45, 7) is 2.11. The van der Waals surface area contributed by atoms with Gasteiger partial charge in [-0.3, -0.25) is 0 Å². The maximum atomic E-state index is 2.29. The summed E-state index contributed by atoms with van der Waals surface area (Å²) < 4.78 is 1.22. The van der Waals surface area contributed by atoms with Crippen LogP contribution in [0.15, 0.2) is 0 Å². The van der Waals surface area contributed by atoms with Gasteiger partial charge < -0.3 is 1.43 Å². The van der Waals surface area contributed by atoms with E-state index in [4.69, 9.17) is 0 Å². The normalized spacial score (nSPS) is 4.50. The molecule has 0 nitrogen and oxygen atoms in total. The molecule has 0 aromatic rings. The predicted molar refractivity (Wildman–Crippen MR) is 25.7 cm³/mol. The third kappa shape index (κ3) is 10.2. The molecular weight excluding hydrogens is 158 g/mol. The zero-order valence-corrected chi connectivity index (χ0v) is 5.24. The second kappa shape index (κ2) is 8.84. The Morgan fingerprint density at radius 2 is 2.00 bits per heavy atom. The second-order valence-corrected chi connectivity index (χ2v) is 1.79. The topological polar surface area (TPSA) is 0 Å². The predicted octanol–water partition coefficient (Wildman–Crippen LogP) is -1.44. The number of halogens is 1. The molecule has 0 aromatic heterocycles. The van der Waals surface area contributed by atoms with E-state index in [0.717, 1.165) is 0 Å². The molecule has 0 saturated carbocycles. The van der Waals surface area contributed by atoms with Gasteiger partial charge in [0.05, 0.1) is 0 Å². The number of alkyl halides is 1. The molecule has 4 heavy (non-hydrogen) atoms. The van der Waals surface area contributed by atoms with Crippen molar-refractivity contribution in [3.05, 3.63) is 0 Å². The van der Waals surface area contributed by atoms with Crippen LogP contribution in [0.1, 0.15) is 8.35 Å². The summed E-state index contributed by atoms with van der Waals surface area (Å²) in [6, 6.07) is 0. The molecular formula is C2H6ILi. The largest absolute Gasteiger partial charge is 1.00 e. The Balaban J connectivity index is -0.0000000200. The molecule has 0 atom stereocenters. The van der Waals surface area contributed by atoms with E-state index in [9.17, 15) is 0 Å². The van der Waals surface area contributed by atoms with Crippen molar-refractivity contribution >= 4 is 22.6 Å². The van der Waals surface area contributed by atoms with Crippen molar-refractivity contribution in [1.29, 1.82) is 0 Å². The van der Waals surface area contributed by atoms with Crippen LogP contribution in [0.4, 0.5) is 0 Å². The fourth-order valence-corrected chi connectivity index (χ4v) is 0. The summed E-state index contributed by atoms with van der Waals surface area (Å²) in [4.78, 5) is 0. The van der Waals surface area contributed by atoms with Crippen molar-refractivity contribution < 1.29 is 20.3 Å². The zero-order valence-electron chi connectivity index (χ0n) is 4.09. The molecule has 0 fully saturated rings. The number of hydrogen-bond acceptors (Lipinski definition) is 0. The van der Waals surface area contributed by atoms with E-state index >= 15 is 0 Å². The third-order valence-corrected chi connectivity index (χ3v) is 0. The van der Waals surface area contributed by atoms with Gasteiger partial charge in [0.2, 0.25) is 0 Å². The summed E-state index contributed by atoms with van der Waals surface area (Å²) in [5.74, 6) is 0. The van der Waals surface area contributed by atoms with Crippen LogP contribution in [0.25, 0.3) is 0 Å². The molecule has 0 amide bonds. The maximum Gasteiger partial charge on any atom is 1.00 e. The van der Waals surface area contributed by atoms with E-state index < -0.39 is 0 Å². The van der Waals surface area contributed by atoms with Crippen molar-refractivity contribution in [2.45, 2.75) is 6.92 Å². The van der Waals surface area contributed by atoms with Gasteiger partial charge in [0.1, 0.15) is 0 Å². The molecule has 0 rings (SSSR count). The molecule has 0 aromatic carbocycles.